The third-order valence-corrected chi connectivity index (χ3v) is 3.05. The Morgan fingerprint density at radius 2 is 2.14 bits per heavy atom. The lowest BCUT2D eigenvalue weighted by atomic mass is 10.1. The van der Waals surface area contributed by atoms with Gasteiger partial charge in [-0.25, -0.2) is 0 Å². The second kappa shape index (κ2) is 4.94. The van der Waals surface area contributed by atoms with E-state index in [-0.39, 0.29) is 6.10 Å². The molecule has 0 aliphatic rings. The first-order valence-electron chi connectivity index (χ1n) is 4.91. The number of aromatic nitrogens is 2. The maximum atomic E-state index is 9.16. The molecule has 14 heavy (non-hydrogen) atoms. The van der Waals surface area contributed by atoms with E-state index in [4.69, 9.17) is 5.11 Å². The van der Waals surface area contributed by atoms with Gasteiger partial charge in [0.25, 0.3) is 0 Å². The van der Waals surface area contributed by atoms with Crippen LogP contribution in [0.5, 0.6) is 0 Å². The van der Waals surface area contributed by atoms with E-state index in [1.807, 2.05) is 10.9 Å². The van der Waals surface area contributed by atoms with Gasteiger partial charge in [-0.3, -0.25) is 4.68 Å². The highest BCUT2D eigenvalue weighted by molar-refractivity contribution is 9.10. The predicted molar refractivity (Wildman–Crippen MR) is 60.3 cm³/mol. The van der Waals surface area contributed by atoms with Crippen molar-refractivity contribution in [2.75, 3.05) is 0 Å². The number of hydrogen-bond acceptors (Lipinski definition) is 2. The summed E-state index contributed by atoms with van der Waals surface area (Å²) < 4.78 is 2.93. The third-order valence-electron chi connectivity index (χ3n) is 2.18. The van der Waals surface area contributed by atoms with Crippen LogP contribution in [0.2, 0.25) is 0 Å². The topological polar surface area (TPSA) is 38.0 Å². The first-order valence-corrected chi connectivity index (χ1v) is 5.71. The van der Waals surface area contributed by atoms with Crippen LogP contribution in [0.1, 0.15) is 38.7 Å². The monoisotopic (exact) mass is 260 g/mol. The summed E-state index contributed by atoms with van der Waals surface area (Å²) in [4.78, 5) is 0. The summed E-state index contributed by atoms with van der Waals surface area (Å²) in [7, 11) is 0. The van der Waals surface area contributed by atoms with Gasteiger partial charge >= 0.3 is 0 Å². The van der Waals surface area contributed by atoms with Gasteiger partial charge in [0.15, 0.2) is 0 Å². The summed E-state index contributed by atoms with van der Waals surface area (Å²) in [5, 5.41) is 13.4. The molecule has 0 aromatic carbocycles. The lowest BCUT2D eigenvalue weighted by molar-refractivity contribution is 0.176. The zero-order valence-electron chi connectivity index (χ0n) is 8.87. The van der Waals surface area contributed by atoms with Crippen LogP contribution < -0.4 is 0 Å². The molecule has 1 heterocycles. The van der Waals surface area contributed by atoms with E-state index in [1.165, 1.54) is 5.56 Å². The largest absolute Gasteiger partial charge is 0.393 e. The molecule has 0 saturated heterocycles. The van der Waals surface area contributed by atoms with Gasteiger partial charge in [-0.1, -0.05) is 13.8 Å². The summed E-state index contributed by atoms with van der Waals surface area (Å²) in [5.74, 6) is 0.477. The number of rotatable bonds is 4. The molecule has 0 aliphatic heterocycles. The van der Waals surface area contributed by atoms with E-state index >= 15 is 0 Å². The van der Waals surface area contributed by atoms with E-state index in [0.717, 1.165) is 17.6 Å². The Balaban J connectivity index is 2.70. The molecule has 1 N–H and O–H groups in total. The maximum Gasteiger partial charge on any atom is 0.107 e. The Kier molecular flexibility index (Phi) is 4.13. The van der Waals surface area contributed by atoms with E-state index < -0.39 is 0 Å². The molecular formula is C10H17BrN2O. The van der Waals surface area contributed by atoms with Crippen molar-refractivity contribution in [2.24, 2.45) is 0 Å². The molecule has 0 aliphatic carbocycles. The molecule has 1 rings (SSSR count). The molecule has 0 amide bonds. The van der Waals surface area contributed by atoms with Crippen molar-refractivity contribution >= 4 is 15.9 Å². The van der Waals surface area contributed by atoms with Crippen molar-refractivity contribution < 1.29 is 5.11 Å². The summed E-state index contributed by atoms with van der Waals surface area (Å²) in [6.45, 7) is 6.83. The van der Waals surface area contributed by atoms with Crippen molar-refractivity contribution in [3.63, 3.8) is 0 Å². The molecule has 0 spiro atoms. The Hall–Kier alpha value is -0.350. The van der Waals surface area contributed by atoms with Crippen molar-refractivity contribution in [2.45, 2.75) is 45.8 Å². The van der Waals surface area contributed by atoms with Crippen LogP contribution in [0.4, 0.5) is 0 Å². The zero-order valence-corrected chi connectivity index (χ0v) is 10.5. The fourth-order valence-electron chi connectivity index (χ4n) is 1.24. The first-order chi connectivity index (χ1) is 6.52. The second-order valence-corrected chi connectivity index (χ2v) is 4.66. The van der Waals surface area contributed by atoms with E-state index in [0.29, 0.717) is 5.92 Å². The van der Waals surface area contributed by atoms with Crippen LogP contribution in [-0.4, -0.2) is 21.0 Å². The molecule has 1 aromatic rings. The van der Waals surface area contributed by atoms with E-state index in [9.17, 15) is 0 Å². The summed E-state index contributed by atoms with van der Waals surface area (Å²) in [6.07, 6.45) is 2.35. The lowest BCUT2D eigenvalue weighted by Gasteiger charge is -2.07. The average molecular weight is 261 g/mol. The van der Waals surface area contributed by atoms with Gasteiger partial charge in [0.05, 0.1) is 12.3 Å². The average Bonchev–Trinajstić information content (AvgIpc) is 2.43. The van der Waals surface area contributed by atoms with Crippen molar-refractivity contribution in [1.82, 2.24) is 9.78 Å². The molecule has 0 saturated carbocycles. The first kappa shape index (κ1) is 11.7. The van der Waals surface area contributed by atoms with Gasteiger partial charge in [0, 0.05) is 12.1 Å². The van der Waals surface area contributed by atoms with Crippen LogP contribution in [-0.2, 0) is 6.54 Å². The minimum absolute atomic E-state index is 0.270. The minimum Gasteiger partial charge on any atom is -0.393 e. The maximum absolute atomic E-state index is 9.16. The lowest BCUT2D eigenvalue weighted by Crippen LogP contribution is -2.08. The standard InChI is InChI=1S/C10H17BrN2O/c1-7(2)9-6-12-13(10(9)11)5-4-8(3)14/h6-8,14H,4-5H2,1-3H3. The minimum atomic E-state index is -0.270. The van der Waals surface area contributed by atoms with Crippen molar-refractivity contribution in [3.05, 3.63) is 16.4 Å². The van der Waals surface area contributed by atoms with Gasteiger partial charge in [-0.15, -0.1) is 0 Å². The van der Waals surface area contributed by atoms with Crippen LogP contribution in [0.3, 0.4) is 0 Å². The molecule has 0 radical (unpaired) electrons. The quantitative estimate of drug-likeness (QED) is 0.904. The highest BCUT2D eigenvalue weighted by atomic mass is 79.9. The highest BCUT2D eigenvalue weighted by Crippen LogP contribution is 2.24. The van der Waals surface area contributed by atoms with E-state index in [1.54, 1.807) is 6.92 Å². The number of aliphatic hydroxyl groups excluding tert-OH is 1. The Bertz CT molecular complexity index is 294. The molecule has 3 nitrogen and oxygen atoms in total. The smallest absolute Gasteiger partial charge is 0.107 e. The van der Waals surface area contributed by atoms with E-state index in [2.05, 4.69) is 34.9 Å². The van der Waals surface area contributed by atoms with Gasteiger partial charge in [-0.2, -0.15) is 5.10 Å². The normalized spacial score (nSPS) is 13.6. The van der Waals surface area contributed by atoms with Gasteiger partial charge in [0.1, 0.15) is 4.60 Å². The molecule has 1 atom stereocenters. The molecule has 1 unspecified atom stereocenters. The summed E-state index contributed by atoms with van der Waals surface area (Å²) in [5.41, 5.74) is 1.22. The summed E-state index contributed by atoms with van der Waals surface area (Å²) >= 11 is 3.52. The Morgan fingerprint density at radius 3 is 2.57 bits per heavy atom. The molecule has 0 fully saturated rings. The number of aryl methyl sites for hydroxylation is 1. The SMILES string of the molecule is CC(O)CCn1ncc(C(C)C)c1Br. The number of nitrogens with zero attached hydrogens (tertiary/aromatic N) is 2. The highest BCUT2D eigenvalue weighted by Gasteiger charge is 2.10. The summed E-state index contributed by atoms with van der Waals surface area (Å²) in [6, 6.07) is 0. The van der Waals surface area contributed by atoms with Gasteiger partial charge < -0.3 is 5.11 Å². The Labute approximate surface area is 93.3 Å². The van der Waals surface area contributed by atoms with Gasteiger partial charge in [-0.05, 0) is 35.2 Å². The van der Waals surface area contributed by atoms with Gasteiger partial charge in [0.2, 0.25) is 0 Å². The predicted octanol–water partition coefficient (Wildman–Crippen LogP) is 2.54. The number of aliphatic hydroxyl groups is 1. The number of halogens is 1. The molecule has 0 bridgehead atoms. The van der Waals surface area contributed by atoms with Crippen LogP contribution in [0, 0.1) is 0 Å². The van der Waals surface area contributed by atoms with Crippen LogP contribution >= 0.6 is 15.9 Å². The third kappa shape index (κ3) is 2.82. The zero-order chi connectivity index (χ0) is 10.7. The second-order valence-electron chi connectivity index (χ2n) is 3.91. The Morgan fingerprint density at radius 1 is 1.50 bits per heavy atom. The molecule has 80 valence electrons. The fourth-order valence-corrected chi connectivity index (χ4v) is 2.07. The van der Waals surface area contributed by atoms with Crippen LogP contribution in [0.15, 0.2) is 10.8 Å². The van der Waals surface area contributed by atoms with Crippen molar-refractivity contribution in [3.8, 4) is 0 Å². The molecule has 1 aromatic heterocycles. The van der Waals surface area contributed by atoms with Crippen LogP contribution in [0.25, 0.3) is 0 Å². The molecular weight excluding hydrogens is 244 g/mol. The fraction of sp³-hybridized carbons (Fsp3) is 0.700. The van der Waals surface area contributed by atoms with Crippen molar-refractivity contribution in [1.29, 1.82) is 0 Å². The molecule has 4 heteroatoms. The number of hydrogen-bond donors (Lipinski definition) is 1.